The van der Waals surface area contributed by atoms with Crippen molar-refractivity contribution in [1.29, 1.82) is 0 Å². The van der Waals surface area contributed by atoms with Crippen LogP contribution >= 0.6 is 22.6 Å². The van der Waals surface area contributed by atoms with E-state index in [1.54, 1.807) is 0 Å². The first kappa shape index (κ1) is 10.8. The van der Waals surface area contributed by atoms with Crippen LogP contribution < -0.4 is 0 Å². The van der Waals surface area contributed by atoms with Gasteiger partial charge in [0.2, 0.25) is 0 Å². The largest absolute Gasteiger partial charge is 0.281 e. The summed E-state index contributed by atoms with van der Waals surface area (Å²) < 4.78 is 1.33. The third kappa shape index (κ3) is 1.76. The van der Waals surface area contributed by atoms with Crippen LogP contribution in [-0.2, 0) is 6.42 Å². The van der Waals surface area contributed by atoms with E-state index >= 15 is 0 Å². The molecule has 1 aromatic heterocycles. The summed E-state index contributed by atoms with van der Waals surface area (Å²) in [6.07, 6.45) is 12.3. The van der Waals surface area contributed by atoms with Gasteiger partial charge in [-0.1, -0.05) is 0 Å². The minimum Gasteiger partial charge on any atom is -0.281 e. The number of halogens is 1. The van der Waals surface area contributed by atoms with Crippen molar-refractivity contribution < 1.29 is 0 Å². The van der Waals surface area contributed by atoms with Crippen molar-refractivity contribution in [2.24, 2.45) is 23.2 Å². The van der Waals surface area contributed by atoms with Crippen LogP contribution in [-0.4, -0.2) is 10.2 Å². The Morgan fingerprint density at radius 1 is 1.18 bits per heavy atom. The lowest BCUT2D eigenvalue weighted by Gasteiger charge is -2.57. The second-order valence-electron chi connectivity index (χ2n) is 6.79. The minimum atomic E-state index is 0.640. The smallest absolute Gasteiger partial charge is 0.0623 e. The fourth-order valence-corrected chi connectivity index (χ4v) is 5.75. The van der Waals surface area contributed by atoms with Crippen molar-refractivity contribution in [3.63, 3.8) is 0 Å². The van der Waals surface area contributed by atoms with Gasteiger partial charge in [-0.15, -0.1) is 0 Å². The Balaban J connectivity index is 1.62. The Bertz CT molecular complexity index is 402. The van der Waals surface area contributed by atoms with E-state index < -0.39 is 0 Å². The fourth-order valence-electron chi connectivity index (χ4n) is 5.30. The summed E-state index contributed by atoms with van der Waals surface area (Å²) in [4.78, 5) is 0. The maximum atomic E-state index is 4.19. The van der Waals surface area contributed by atoms with Gasteiger partial charge < -0.3 is 0 Å². The van der Waals surface area contributed by atoms with Gasteiger partial charge in [0.05, 0.1) is 9.77 Å². The third-order valence-corrected chi connectivity index (χ3v) is 6.31. The average molecular weight is 342 g/mol. The van der Waals surface area contributed by atoms with E-state index in [-0.39, 0.29) is 0 Å². The molecule has 1 N–H and O–H groups in total. The summed E-state index contributed by atoms with van der Waals surface area (Å²) in [7, 11) is 0. The first-order chi connectivity index (χ1) is 8.22. The molecule has 3 heteroatoms. The molecule has 0 aromatic carbocycles. The molecule has 4 bridgehead atoms. The molecular formula is C14H19IN2. The molecule has 2 nitrogen and oxygen atoms in total. The molecule has 4 aliphatic rings. The lowest BCUT2D eigenvalue weighted by molar-refractivity contribution is -0.0527. The normalized spacial score (nSPS) is 43.2. The second-order valence-corrected chi connectivity index (χ2v) is 7.95. The molecule has 17 heavy (non-hydrogen) atoms. The van der Waals surface area contributed by atoms with Gasteiger partial charge in [-0.3, -0.25) is 5.10 Å². The maximum absolute atomic E-state index is 4.19. The van der Waals surface area contributed by atoms with Gasteiger partial charge in [0, 0.05) is 5.69 Å². The van der Waals surface area contributed by atoms with Crippen LogP contribution in [0.3, 0.4) is 0 Å². The van der Waals surface area contributed by atoms with Gasteiger partial charge >= 0.3 is 0 Å². The zero-order valence-electron chi connectivity index (χ0n) is 10.1. The highest BCUT2D eigenvalue weighted by molar-refractivity contribution is 14.1. The van der Waals surface area contributed by atoms with Crippen molar-refractivity contribution >= 4 is 22.6 Å². The Labute approximate surface area is 116 Å². The summed E-state index contributed by atoms with van der Waals surface area (Å²) in [5, 5.41) is 7.41. The molecule has 4 fully saturated rings. The highest BCUT2D eigenvalue weighted by Crippen LogP contribution is 2.61. The van der Waals surface area contributed by atoms with Crippen LogP contribution in [0.1, 0.15) is 44.2 Å². The first-order valence-electron chi connectivity index (χ1n) is 6.90. The van der Waals surface area contributed by atoms with Gasteiger partial charge in [0.25, 0.3) is 0 Å². The van der Waals surface area contributed by atoms with Crippen LogP contribution in [0.15, 0.2) is 6.20 Å². The molecule has 4 saturated carbocycles. The number of nitrogens with zero attached hydrogens (tertiary/aromatic N) is 1. The fraction of sp³-hybridized carbons (Fsp3) is 0.786. The van der Waals surface area contributed by atoms with Gasteiger partial charge in [0.1, 0.15) is 0 Å². The van der Waals surface area contributed by atoms with Crippen molar-refractivity contribution in [1.82, 2.24) is 10.2 Å². The van der Waals surface area contributed by atoms with Crippen LogP contribution in [0, 0.1) is 26.7 Å². The molecule has 0 spiro atoms. The molecule has 0 saturated heterocycles. The third-order valence-electron chi connectivity index (χ3n) is 5.38. The number of aromatic amines is 1. The summed E-state index contributed by atoms with van der Waals surface area (Å²) in [5.41, 5.74) is 2.04. The molecule has 1 heterocycles. The van der Waals surface area contributed by atoms with E-state index in [1.165, 1.54) is 54.2 Å². The Hall–Kier alpha value is -0.0600. The van der Waals surface area contributed by atoms with Crippen molar-refractivity contribution in [2.45, 2.75) is 44.9 Å². The van der Waals surface area contributed by atoms with Crippen molar-refractivity contribution in [3.8, 4) is 0 Å². The second kappa shape index (κ2) is 3.72. The summed E-state index contributed by atoms with van der Waals surface area (Å²) in [5.74, 6) is 3.17. The zero-order chi connectivity index (χ0) is 11.5. The van der Waals surface area contributed by atoms with Gasteiger partial charge in [0.15, 0.2) is 0 Å². The molecule has 92 valence electrons. The first-order valence-corrected chi connectivity index (χ1v) is 7.98. The highest BCUT2D eigenvalue weighted by atomic mass is 127. The van der Waals surface area contributed by atoms with E-state index in [2.05, 4.69) is 32.8 Å². The van der Waals surface area contributed by atoms with Gasteiger partial charge in [-0.05, 0) is 90.7 Å². The van der Waals surface area contributed by atoms with Gasteiger partial charge in [-0.25, -0.2) is 0 Å². The number of hydrogen-bond donors (Lipinski definition) is 1. The topological polar surface area (TPSA) is 28.7 Å². The Morgan fingerprint density at radius 3 is 2.24 bits per heavy atom. The summed E-state index contributed by atoms with van der Waals surface area (Å²) >= 11 is 2.42. The predicted octanol–water partition coefficient (Wildman–Crippen LogP) is 3.77. The van der Waals surface area contributed by atoms with E-state index in [0.29, 0.717) is 5.41 Å². The van der Waals surface area contributed by atoms with Crippen molar-refractivity contribution in [2.75, 3.05) is 0 Å². The Morgan fingerprint density at radius 2 is 1.76 bits per heavy atom. The summed E-state index contributed by atoms with van der Waals surface area (Å²) in [6, 6.07) is 0. The van der Waals surface area contributed by atoms with Crippen LogP contribution in [0.4, 0.5) is 0 Å². The molecule has 0 radical (unpaired) electrons. The summed E-state index contributed by atoms with van der Waals surface area (Å²) in [6.45, 7) is 0. The van der Waals surface area contributed by atoms with E-state index in [9.17, 15) is 0 Å². The molecule has 0 amide bonds. The number of H-pyrrole nitrogens is 1. The van der Waals surface area contributed by atoms with E-state index in [4.69, 9.17) is 0 Å². The molecule has 0 aliphatic heterocycles. The number of hydrogen-bond acceptors (Lipinski definition) is 1. The number of nitrogens with one attached hydrogen (secondary N) is 1. The number of rotatable bonds is 2. The van der Waals surface area contributed by atoms with Crippen molar-refractivity contribution in [3.05, 3.63) is 15.5 Å². The zero-order valence-corrected chi connectivity index (χ0v) is 12.2. The molecule has 1 aromatic rings. The molecule has 0 atom stereocenters. The highest BCUT2D eigenvalue weighted by Gasteiger charge is 2.50. The van der Waals surface area contributed by atoms with Crippen LogP contribution in [0.25, 0.3) is 0 Å². The predicted molar refractivity (Wildman–Crippen MR) is 75.6 cm³/mol. The molecule has 0 unspecified atom stereocenters. The monoisotopic (exact) mass is 342 g/mol. The minimum absolute atomic E-state index is 0.640. The Kier molecular flexibility index (Phi) is 2.37. The SMILES string of the molecule is Ic1cn[nH]c1CC12CC3CC(CC(C3)C1)C2. The quantitative estimate of drug-likeness (QED) is 0.815. The molecule has 4 aliphatic carbocycles. The van der Waals surface area contributed by atoms with Crippen LogP contribution in [0.5, 0.6) is 0 Å². The van der Waals surface area contributed by atoms with Gasteiger partial charge in [-0.2, -0.15) is 5.10 Å². The van der Waals surface area contributed by atoms with E-state index in [0.717, 1.165) is 17.8 Å². The lowest BCUT2D eigenvalue weighted by Crippen LogP contribution is -2.47. The molecule has 5 rings (SSSR count). The van der Waals surface area contributed by atoms with Crippen LogP contribution in [0.2, 0.25) is 0 Å². The standard InChI is InChI=1S/C14H19IN2/c15-12-8-16-17-13(12)7-14-4-9-1-10(5-14)3-11(2-9)6-14/h8-11H,1-7H2,(H,16,17). The maximum Gasteiger partial charge on any atom is 0.0623 e. The average Bonchev–Trinajstić information content (AvgIpc) is 2.61. The molecular weight excluding hydrogens is 323 g/mol. The lowest BCUT2D eigenvalue weighted by atomic mass is 9.48. The van der Waals surface area contributed by atoms with E-state index in [1.807, 2.05) is 6.20 Å². The number of aromatic nitrogens is 2.